The lowest BCUT2D eigenvalue weighted by atomic mass is 10.0. The highest BCUT2D eigenvalue weighted by atomic mass is 16.5. The average molecular weight is 228 g/mol. The standard InChI is InChI=1S/C14H16N2O/c1-10(15)11-4-3-5-12(8-11)13-6-7-16-9-14(13)17-2/h3-10H,15H2,1-2H3. The van der Waals surface area contributed by atoms with E-state index in [4.69, 9.17) is 10.5 Å². The summed E-state index contributed by atoms with van der Waals surface area (Å²) in [5.74, 6) is 0.773. The van der Waals surface area contributed by atoms with Crippen molar-refractivity contribution in [2.45, 2.75) is 13.0 Å². The van der Waals surface area contributed by atoms with Gasteiger partial charge in [0.15, 0.2) is 0 Å². The first kappa shape index (κ1) is 11.6. The Balaban J connectivity index is 2.49. The molecule has 1 aromatic heterocycles. The highest BCUT2D eigenvalue weighted by molar-refractivity contribution is 5.70. The van der Waals surface area contributed by atoms with E-state index in [1.54, 1.807) is 19.5 Å². The van der Waals surface area contributed by atoms with Crippen LogP contribution in [0.15, 0.2) is 42.7 Å². The van der Waals surface area contributed by atoms with Crippen molar-refractivity contribution in [3.63, 3.8) is 0 Å². The maximum absolute atomic E-state index is 5.89. The summed E-state index contributed by atoms with van der Waals surface area (Å²) < 4.78 is 5.31. The Hall–Kier alpha value is -1.87. The zero-order valence-corrected chi connectivity index (χ0v) is 10.1. The lowest BCUT2D eigenvalue weighted by Crippen LogP contribution is -2.04. The Labute approximate surface area is 101 Å². The summed E-state index contributed by atoms with van der Waals surface area (Å²) in [5, 5.41) is 0. The van der Waals surface area contributed by atoms with Crippen LogP contribution in [0.4, 0.5) is 0 Å². The molecule has 88 valence electrons. The quantitative estimate of drug-likeness (QED) is 0.878. The summed E-state index contributed by atoms with van der Waals surface area (Å²) in [5.41, 5.74) is 9.13. The molecule has 2 rings (SSSR count). The van der Waals surface area contributed by atoms with E-state index >= 15 is 0 Å². The first-order chi connectivity index (χ1) is 8.22. The number of nitrogens with two attached hydrogens (primary N) is 1. The molecule has 3 nitrogen and oxygen atoms in total. The molecule has 17 heavy (non-hydrogen) atoms. The average Bonchev–Trinajstić information content (AvgIpc) is 2.39. The molecule has 0 bridgehead atoms. The van der Waals surface area contributed by atoms with Crippen molar-refractivity contribution in [2.75, 3.05) is 7.11 Å². The van der Waals surface area contributed by atoms with Crippen LogP contribution in [0.2, 0.25) is 0 Å². The molecular formula is C14H16N2O. The van der Waals surface area contributed by atoms with Crippen LogP contribution in [0.25, 0.3) is 11.1 Å². The number of ether oxygens (including phenoxy) is 1. The number of rotatable bonds is 3. The molecular weight excluding hydrogens is 212 g/mol. The maximum Gasteiger partial charge on any atom is 0.144 e. The van der Waals surface area contributed by atoms with Crippen LogP contribution in [-0.4, -0.2) is 12.1 Å². The van der Waals surface area contributed by atoms with E-state index in [-0.39, 0.29) is 6.04 Å². The van der Waals surface area contributed by atoms with E-state index in [0.717, 1.165) is 22.4 Å². The second kappa shape index (κ2) is 4.97. The van der Waals surface area contributed by atoms with Gasteiger partial charge in [-0.25, -0.2) is 0 Å². The van der Waals surface area contributed by atoms with Crippen LogP contribution in [0.5, 0.6) is 5.75 Å². The molecule has 0 aliphatic heterocycles. The van der Waals surface area contributed by atoms with Gasteiger partial charge in [0, 0.05) is 17.8 Å². The molecule has 0 amide bonds. The van der Waals surface area contributed by atoms with E-state index in [0.29, 0.717) is 0 Å². The molecule has 1 unspecified atom stereocenters. The number of aromatic nitrogens is 1. The summed E-state index contributed by atoms with van der Waals surface area (Å²) in [6.07, 6.45) is 3.48. The fourth-order valence-corrected chi connectivity index (χ4v) is 1.77. The highest BCUT2D eigenvalue weighted by Gasteiger charge is 2.07. The van der Waals surface area contributed by atoms with Crippen molar-refractivity contribution in [3.8, 4) is 16.9 Å². The predicted molar refractivity (Wildman–Crippen MR) is 68.8 cm³/mol. The van der Waals surface area contributed by atoms with Gasteiger partial charge in [-0.1, -0.05) is 18.2 Å². The number of benzene rings is 1. The monoisotopic (exact) mass is 228 g/mol. The number of hydrogen-bond acceptors (Lipinski definition) is 3. The molecule has 1 aromatic carbocycles. The minimum atomic E-state index is 0.0304. The van der Waals surface area contributed by atoms with Gasteiger partial charge < -0.3 is 10.5 Å². The molecule has 0 spiro atoms. The molecule has 0 radical (unpaired) electrons. The van der Waals surface area contributed by atoms with Gasteiger partial charge in [0.25, 0.3) is 0 Å². The van der Waals surface area contributed by atoms with Gasteiger partial charge in [0.2, 0.25) is 0 Å². The smallest absolute Gasteiger partial charge is 0.144 e. The van der Waals surface area contributed by atoms with Crippen molar-refractivity contribution in [2.24, 2.45) is 5.73 Å². The molecule has 2 N–H and O–H groups in total. The lowest BCUT2D eigenvalue weighted by molar-refractivity contribution is 0.414. The zero-order chi connectivity index (χ0) is 12.3. The van der Waals surface area contributed by atoms with Gasteiger partial charge in [0.05, 0.1) is 13.3 Å². The molecule has 0 aliphatic carbocycles. The second-order valence-electron chi connectivity index (χ2n) is 3.99. The van der Waals surface area contributed by atoms with Crippen molar-refractivity contribution in [1.82, 2.24) is 4.98 Å². The van der Waals surface area contributed by atoms with E-state index < -0.39 is 0 Å². The van der Waals surface area contributed by atoms with Crippen LogP contribution in [0.3, 0.4) is 0 Å². The van der Waals surface area contributed by atoms with E-state index in [2.05, 4.69) is 11.1 Å². The first-order valence-electron chi connectivity index (χ1n) is 5.56. The van der Waals surface area contributed by atoms with Crippen molar-refractivity contribution in [1.29, 1.82) is 0 Å². The van der Waals surface area contributed by atoms with Gasteiger partial charge >= 0.3 is 0 Å². The molecule has 1 heterocycles. The third-order valence-electron chi connectivity index (χ3n) is 2.73. The maximum atomic E-state index is 5.89. The topological polar surface area (TPSA) is 48.1 Å². The Kier molecular flexibility index (Phi) is 3.40. The van der Waals surface area contributed by atoms with E-state index in [1.165, 1.54) is 0 Å². The molecule has 0 saturated heterocycles. The fraction of sp³-hybridized carbons (Fsp3) is 0.214. The van der Waals surface area contributed by atoms with Crippen LogP contribution >= 0.6 is 0 Å². The highest BCUT2D eigenvalue weighted by Crippen LogP contribution is 2.29. The number of nitrogens with zero attached hydrogens (tertiary/aromatic N) is 1. The normalized spacial score (nSPS) is 12.2. The first-order valence-corrected chi connectivity index (χ1v) is 5.56. The Morgan fingerprint density at radius 1 is 1.29 bits per heavy atom. The number of methoxy groups -OCH3 is 1. The fourth-order valence-electron chi connectivity index (χ4n) is 1.77. The minimum Gasteiger partial charge on any atom is -0.494 e. The summed E-state index contributed by atoms with van der Waals surface area (Å²) in [6, 6.07) is 10.1. The SMILES string of the molecule is COc1cnccc1-c1cccc(C(C)N)c1. The van der Waals surface area contributed by atoms with E-state index in [1.807, 2.05) is 31.2 Å². The van der Waals surface area contributed by atoms with Gasteiger partial charge in [-0.15, -0.1) is 0 Å². The van der Waals surface area contributed by atoms with Gasteiger partial charge in [-0.2, -0.15) is 0 Å². The summed E-state index contributed by atoms with van der Waals surface area (Å²) in [4.78, 5) is 4.05. The summed E-state index contributed by atoms with van der Waals surface area (Å²) in [6.45, 7) is 1.98. The summed E-state index contributed by atoms with van der Waals surface area (Å²) >= 11 is 0. The van der Waals surface area contributed by atoms with E-state index in [9.17, 15) is 0 Å². The Morgan fingerprint density at radius 3 is 2.82 bits per heavy atom. The molecule has 0 fully saturated rings. The van der Waals surface area contributed by atoms with Crippen molar-refractivity contribution < 1.29 is 4.74 Å². The molecule has 0 aliphatic rings. The molecule has 2 aromatic rings. The molecule has 3 heteroatoms. The zero-order valence-electron chi connectivity index (χ0n) is 10.1. The lowest BCUT2D eigenvalue weighted by Gasteiger charge is -2.10. The predicted octanol–water partition coefficient (Wildman–Crippen LogP) is 2.78. The second-order valence-corrected chi connectivity index (χ2v) is 3.99. The number of pyridine rings is 1. The van der Waals surface area contributed by atoms with Crippen LogP contribution in [0, 0.1) is 0 Å². The third kappa shape index (κ3) is 2.45. The third-order valence-corrected chi connectivity index (χ3v) is 2.73. The Bertz CT molecular complexity index is 509. The molecule has 0 saturated carbocycles. The van der Waals surface area contributed by atoms with Gasteiger partial charge in [-0.05, 0) is 30.2 Å². The Morgan fingerprint density at radius 2 is 2.12 bits per heavy atom. The molecule has 1 atom stereocenters. The van der Waals surface area contributed by atoms with Gasteiger partial charge in [-0.3, -0.25) is 4.98 Å². The largest absolute Gasteiger partial charge is 0.494 e. The van der Waals surface area contributed by atoms with Crippen molar-refractivity contribution >= 4 is 0 Å². The number of hydrogen-bond donors (Lipinski definition) is 1. The summed E-state index contributed by atoms with van der Waals surface area (Å²) in [7, 11) is 1.65. The minimum absolute atomic E-state index is 0.0304. The van der Waals surface area contributed by atoms with Crippen LogP contribution < -0.4 is 10.5 Å². The van der Waals surface area contributed by atoms with Crippen molar-refractivity contribution in [3.05, 3.63) is 48.3 Å². The van der Waals surface area contributed by atoms with Crippen LogP contribution in [0.1, 0.15) is 18.5 Å². The van der Waals surface area contributed by atoms with Gasteiger partial charge in [0.1, 0.15) is 5.75 Å². The van der Waals surface area contributed by atoms with Crippen LogP contribution in [-0.2, 0) is 0 Å².